The second kappa shape index (κ2) is 7.61. The second-order valence-electron chi connectivity index (χ2n) is 5.53. The summed E-state index contributed by atoms with van der Waals surface area (Å²) in [5.41, 5.74) is 1.75. The van der Waals surface area contributed by atoms with Gasteiger partial charge in [-0.25, -0.2) is 4.79 Å². The van der Waals surface area contributed by atoms with E-state index in [0.29, 0.717) is 0 Å². The van der Waals surface area contributed by atoms with Gasteiger partial charge in [-0.1, -0.05) is 15.9 Å². The molecule has 1 aromatic carbocycles. The third-order valence-electron chi connectivity index (χ3n) is 3.33. The van der Waals surface area contributed by atoms with E-state index >= 15 is 0 Å². The monoisotopic (exact) mass is 382 g/mol. The number of H-pyrrole nitrogens is 1. The molecule has 124 valence electrons. The molecule has 1 atom stereocenters. The van der Waals surface area contributed by atoms with E-state index in [1.807, 2.05) is 32.0 Å². The quantitative estimate of drug-likeness (QED) is 0.685. The smallest absolute Gasteiger partial charge is 0.326 e. The number of nitrogens with one attached hydrogen (secondary N) is 2. The number of carbonyl (C=O) groups is 2. The number of aromatic amines is 1. The van der Waals surface area contributed by atoms with Gasteiger partial charge in [0.05, 0.1) is 6.10 Å². The van der Waals surface area contributed by atoms with Gasteiger partial charge in [0.2, 0.25) is 5.91 Å². The van der Waals surface area contributed by atoms with Gasteiger partial charge >= 0.3 is 5.97 Å². The molecule has 23 heavy (non-hydrogen) atoms. The molecular weight excluding hydrogens is 364 g/mol. The maximum Gasteiger partial charge on any atom is 0.326 e. The fourth-order valence-corrected chi connectivity index (χ4v) is 2.58. The number of ether oxygens (including phenoxy) is 1. The van der Waals surface area contributed by atoms with E-state index in [2.05, 4.69) is 26.2 Å². The Morgan fingerprint density at radius 1 is 1.39 bits per heavy atom. The highest BCUT2D eigenvalue weighted by Gasteiger charge is 2.22. The number of aromatic nitrogens is 1. The number of carbonyl (C=O) groups excluding carboxylic acids is 1. The van der Waals surface area contributed by atoms with E-state index in [4.69, 9.17) is 4.74 Å². The number of fused-ring (bicyclic) bond motifs is 1. The van der Waals surface area contributed by atoms with Crippen molar-refractivity contribution >= 4 is 38.7 Å². The largest absolute Gasteiger partial charge is 0.480 e. The molecule has 0 aliphatic heterocycles. The normalized spacial score (nSPS) is 12.5. The molecule has 0 saturated heterocycles. The number of carboxylic acid groups (broad SMARTS) is 1. The number of amides is 1. The van der Waals surface area contributed by atoms with Gasteiger partial charge in [-0.2, -0.15) is 0 Å². The van der Waals surface area contributed by atoms with E-state index in [0.717, 1.165) is 20.9 Å². The van der Waals surface area contributed by atoms with E-state index in [1.54, 1.807) is 6.20 Å². The lowest BCUT2D eigenvalue weighted by molar-refractivity contribution is -0.142. The van der Waals surface area contributed by atoms with Gasteiger partial charge < -0.3 is 20.1 Å². The van der Waals surface area contributed by atoms with Crippen LogP contribution in [0.25, 0.3) is 10.9 Å². The third-order valence-corrected chi connectivity index (χ3v) is 3.83. The van der Waals surface area contributed by atoms with Gasteiger partial charge in [0, 0.05) is 28.0 Å². The molecule has 0 spiro atoms. The summed E-state index contributed by atoms with van der Waals surface area (Å²) in [5.74, 6) is -1.51. The molecule has 0 bridgehead atoms. The minimum absolute atomic E-state index is 0.0880. The van der Waals surface area contributed by atoms with Crippen LogP contribution < -0.4 is 5.32 Å². The van der Waals surface area contributed by atoms with Crippen molar-refractivity contribution in [3.05, 3.63) is 34.4 Å². The highest BCUT2D eigenvalue weighted by Crippen LogP contribution is 2.23. The molecule has 2 aromatic rings. The van der Waals surface area contributed by atoms with Crippen LogP contribution in [0.1, 0.15) is 19.4 Å². The lowest BCUT2D eigenvalue weighted by Gasteiger charge is -2.15. The van der Waals surface area contributed by atoms with Gasteiger partial charge in [0.25, 0.3) is 0 Å². The average Bonchev–Trinajstić information content (AvgIpc) is 2.86. The van der Waals surface area contributed by atoms with E-state index in [9.17, 15) is 14.7 Å². The van der Waals surface area contributed by atoms with Crippen molar-refractivity contribution in [2.75, 3.05) is 6.61 Å². The summed E-state index contributed by atoms with van der Waals surface area (Å²) in [6, 6.07) is 4.73. The maximum atomic E-state index is 11.8. The Bertz CT molecular complexity index is 711. The highest BCUT2D eigenvalue weighted by molar-refractivity contribution is 9.10. The summed E-state index contributed by atoms with van der Waals surface area (Å²) >= 11 is 3.40. The van der Waals surface area contributed by atoms with Crippen molar-refractivity contribution in [2.24, 2.45) is 0 Å². The van der Waals surface area contributed by atoms with Gasteiger partial charge in [-0.05, 0) is 37.6 Å². The van der Waals surface area contributed by atoms with Crippen LogP contribution in [0.15, 0.2) is 28.9 Å². The first-order chi connectivity index (χ1) is 10.9. The molecule has 2 rings (SSSR count). The van der Waals surface area contributed by atoms with Crippen molar-refractivity contribution in [1.29, 1.82) is 0 Å². The van der Waals surface area contributed by atoms with Crippen molar-refractivity contribution in [3.63, 3.8) is 0 Å². The summed E-state index contributed by atoms with van der Waals surface area (Å²) in [4.78, 5) is 26.3. The molecule has 6 nitrogen and oxygen atoms in total. The number of carboxylic acids is 1. The number of halogens is 1. The number of rotatable bonds is 7. The Labute approximate surface area is 142 Å². The molecule has 1 heterocycles. The van der Waals surface area contributed by atoms with Gasteiger partial charge in [0.15, 0.2) is 0 Å². The van der Waals surface area contributed by atoms with Crippen molar-refractivity contribution in [1.82, 2.24) is 10.3 Å². The molecule has 1 unspecified atom stereocenters. The first kappa shape index (κ1) is 17.5. The lowest BCUT2D eigenvalue weighted by atomic mass is 10.1. The summed E-state index contributed by atoms with van der Waals surface area (Å²) < 4.78 is 6.10. The van der Waals surface area contributed by atoms with Gasteiger partial charge in [0.1, 0.15) is 12.6 Å². The summed E-state index contributed by atoms with van der Waals surface area (Å²) in [6.45, 7) is 3.47. The zero-order valence-electron chi connectivity index (χ0n) is 12.9. The molecular formula is C16H19BrN2O4. The predicted molar refractivity (Wildman–Crippen MR) is 90.4 cm³/mol. The van der Waals surface area contributed by atoms with Crippen LogP contribution in [0.5, 0.6) is 0 Å². The molecule has 0 saturated carbocycles. The maximum absolute atomic E-state index is 11.8. The van der Waals surface area contributed by atoms with E-state index < -0.39 is 17.9 Å². The first-order valence-electron chi connectivity index (χ1n) is 7.26. The summed E-state index contributed by atoms with van der Waals surface area (Å²) in [7, 11) is 0. The fraction of sp³-hybridized carbons (Fsp3) is 0.375. The molecule has 0 radical (unpaired) electrons. The minimum atomic E-state index is -1.08. The Hall–Kier alpha value is -1.86. The van der Waals surface area contributed by atoms with E-state index in [1.165, 1.54) is 0 Å². The highest BCUT2D eigenvalue weighted by atomic mass is 79.9. The second-order valence-corrected chi connectivity index (χ2v) is 6.44. The van der Waals surface area contributed by atoms with Crippen LogP contribution in [-0.2, 0) is 20.7 Å². The third kappa shape index (κ3) is 4.80. The molecule has 1 amide bonds. The number of hydrogen-bond donors (Lipinski definition) is 3. The Balaban J connectivity index is 2.10. The molecule has 0 aliphatic carbocycles. The number of aliphatic carboxylic acids is 1. The molecule has 3 N–H and O–H groups in total. The Morgan fingerprint density at radius 2 is 2.13 bits per heavy atom. The van der Waals surface area contributed by atoms with Crippen LogP contribution >= 0.6 is 15.9 Å². The van der Waals surface area contributed by atoms with Crippen LogP contribution in [-0.4, -0.2) is 40.7 Å². The van der Waals surface area contributed by atoms with Crippen molar-refractivity contribution in [3.8, 4) is 0 Å². The zero-order chi connectivity index (χ0) is 17.0. The Kier molecular flexibility index (Phi) is 5.79. The van der Waals surface area contributed by atoms with Crippen LogP contribution in [0.3, 0.4) is 0 Å². The van der Waals surface area contributed by atoms with Crippen LogP contribution in [0.4, 0.5) is 0 Å². The zero-order valence-corrected chi connectivity index (χ0v) is 14.5. The van der Waals surface area contributed by atoms with Crippen molar-refractivity contribution < 1.29 is 19.4 Å². The average molecular weight is 383 g/mol. The first-order valence-corrected chi connectivity index (χ1v) is 8.05. The fourth-order valence-electron chi connectivity index (χ4n) is 2.22. The van der Waals surface area contributed by atoms with Gasteiger partial charge in [-0.3, -0.25) is 4.79 Å². The lowest BCUT2D eigenvalue weighted by Crippen LogP contribution is -2.44. The number of hydrogen-bond acceptors (Lipinski definition) is 3. The summed E-state index contributed by atoms with van der Waals surface area (Å²) in [5, 5.41) is 12.8. The molecule has 0 fully saturated rings. The van der Waals surface area contributed by atoms with Crippen molar-refractivity contribution in [2.45, 2.75) is 32.4 Å². The molecule has 1 aromatic heterocycles. The number of benzene rings is 1. The standard InChI is InChI=1S/C16H19BrN2O4/c1-9(2)23-8-15(20)19-14(16(21)22)5-10-7-18-13-4-3-11(17)6-12(10)13/h3-4,6-7,9,14,18H,5,8H2,1-2H3,(H,19,20)(H,21,22). The van der Waals surface area contributed by atoms with Crippen LogP contribution in [0.2, 0.25) is 0 Å². The predicted octanol–water partition coefficient (Wildman–Crippen LogP) is 2.47. The van der Waals surface area contributed by atoms with Crippen LogP contribution in [0, 0.1) is 0 Å². The summed E-state index contributed by atoms with van der Waals surface area (Å²) in [6.07, 6.45) is 1.87. The Morgan fingerprint density at radius 3 is 2.78 bits per heavy atom. The molecule has 0 aliphatic rings. The van der Waals surface area contributed by atoms with E-state index in [-0.39, 0.29) is 19.1 Å². The van der Waals surface area contributed by atoms with Gasteiger partial charge in [-0.15, -0.1) is 0 Å². The molecule has 7 heteroatoms. The topological polar surface area (TPSA) is 91.4 Å². The minimum Gasteiger partial charge on any atom is -0.480 e. The SMILES string of the molecule is CC(C)OCC(=O)NC(Cc1c[nH]c2ccc(Br)cc12)C(=O)O.